The predicted octanol–water partition coefficient (Wildman–Crippen LogP) is 2.59. The molecule has 0 bridgehead atoms. The topological polar surface area (TPSA) is 47.9 Å². The van der Waals surface area contributed by atoms with Crippen LogP contribution in [0.25, 0.3) is 0 Å². The second-order valence-electron chi connectivity index (χ2n) is 4.76. The smallest absolute Gasteiger partial charge is 0.138 e. The van der Waals surface area contributed by atoms with Crippen molar-refractivity contribution in [2.24, 2.45) is 0 Å². The molecule has 0 amide bonds. The first-order valence-electron chi connectivity index (χ1n) is 6.64. The van der Waals surface area contributed by atoms with Gasteiger partial charge in [-0.1, -0.05) is 30.3 Å². The number of rotatable bonds is 6. The number of benzene rings is 2. The summed E-state index contributed by atoms with van der Waals surface area (Å²) in [5, 5.41) is 11.2. The lowest BCUT2D eigenvalue weighted by molar-refractivity contribution is -0.00352. The number of methoxy groups -OCH3 is 3. The lowest BCUT2D eigenvalue weighted by atomic mass is 9.87. The molecule has 1 N–H and O–H groups in total. The van der Waals surface area contributed by atoms with Crippen LogP contribution in [0.2, 0.25) is 0 Å². The van der Waals surface area contributed by atoms with Crippen LogP contribution in [0.4, 0.5) is 0 Å². The van der Waals surface area contributed by atoms with Crippen LogP contribution >= 0.6 is 0 Å². The third-order valence-electron chi connectivity index (χ3n) is 3.43. The second-order valence-corrected chi connectivity index (χ2v) is 4.76. The van der Waals surface area contributed by atoms with Crippen LogP contribution in [-0.2, 0) is 10.3 Å². The summed E-state index contributed by atoms with van der Waals surface area (Å²) < 4.78 is 15.8. The van der Waals surface area contributed by atoms with E-state index >= 15 is 0 Å². The molecule has 0 radical (unpaired) electrons. The first kappa shape index (κ1) is 15.4. The fraction of sp³-hybridized carbons (Fsp3) is 0.294. The van der Waals surface area contributed by atoms with E-state index in [4.69, 9.17) is 14.2 Å². The van der Waals surface area contributed by atoms with Crippen molar-refractivity contribution in [3.05, 3.63) is 59.7 Å². The van der Waals surface area contributed by atoms with Crippen molar-refractivity contribution in [2.45, 2.75) is 5.60 Å². The zero-order valence-corrected chi connectivity index (χ0v) is 12.5. The van der Waals surface area contributed by atoms with E-state index in [1.54, 1.807) is 39.5 Å². The fourth-order valence-corrected chi connectivity index (χ4v) is 2.30. The van der Waals surface area contributed by atoms with Gasteiger partial charge in [-0.3, -0.25) is 0 Å². The van der Waals surface area contributed by atoms with Gasteiger partial charge in [0.25, 0.3) is 0 Å². The van der Waals surface area contributed by atoms with Gasteiger partial charge in [0.05, 0.1) is 20.8 Å². The molecular weight excluding hydrogens is 268 g/mol. The van der Waals surface area contributed by atoms with Gasteiger partial charge in [-0.2, -0.15) is 0 Å². The third kappa shape index (κ3) is 3.17. The molecule has 0 aliphatic rings. The summed E-state index contributed by atoms with van der Waals surface area (Å²) in [4.78, 5) is 0. The maximum absolute atomic E-state index is 11.2. The maximum Gasteiger partial charge on any atom is 0.138 e. The van der Waals surface area contributed by atoms with Crippen LogP contribution in [0.3, 0.4) is 0 Å². The average molecular weight is 288 g/mol. The molecule has 1 atom stereocenters. The van der Waals surface area contributed by atoms with Gasteiger partial charge in [-0.15, -0.1) is 0 Å². The fourth-order valence-electron chi connectivity index (χ4n) is 2.30. The van der Waals surface area contributed by atoms with Crippen LogP contribution in [0.15, 0.2) is 48.5 Å². The second kappa shape index (κ2) is 6.61. The summed E-state index contributed by atoms with van der Waals surface area (Å²) in [6, 6.07) is 14.7. The zero-order chi connectivity index (χ0) is 15.3. The first-order chi connectivity index (χ1) is 10.1. The molecule has 0 fully saturated rings. The quantitative estimate of drug-likeness (QED) is 0.887. The molecular formula is C17H20O4. The van der Waals surface area contributed by atoms with Gasteiger partial charge >= 0.3 is 0 Å². The number of ether oxygens (including phenoxy) is 3. The minimum atomic E-state index is -1.27. The highest BCUT2D eigenvalue weighted by molar-refractivity contribution is 5.45. The molecule has 112 valence electrons. The number of hydrogen-bond acceptors (Lipinski definition) is 4. The lowest BCUT2D eigenvalue weighted by Crippen LogP contribution is -2.32. The summed E-state index contributed by atoms with van der Waals surface area (Å²) >= 11 is 0. The minimum Gasteiger partial charge on any atom is -0.497 e. The van der Waals surface area contributed by atoms with Crippen molar-refractivity contribution in [3.8, 4) is 11.5 Å². The highest BCUT2D eigenvalue weighted by Gasteiger charge is 2.32. The van der Waals surface area contributed by atoms with E-state index in [1.807, 2.05) is 30.3 Å². The Morgan fingerprint density at radius 2 is 1.43 bits per heavy atom. The van der Waals surface area contributed by atoms with Gasteiger partial charge in [-0.05, 0) is 23.3 Å². The highest BCUT2D eigenvalue weighted by atomic mass is 16.5. The van der Waals surface area contributed by atoms with Crippen molar-refractivity contribution >= 4 is 0 Å². The SMILES string of the molecule is COCC(O)(c1ccccc1)c1cc(OC)cc(OC)c1. The predicted molar refractivity (Wildman–Crippen MR) is 80.9 cm³/mol. The number of aliphatic hydroxyl groups is 1. The molecule has 0 spiro atoms. The van der Waals surface area contributed by atoms with E-state index in [1.165, 1.54) is 0 Å². The molecule has 0 aliphatic heterocycles. The van der Waals surface area contributed by atoms with Crippen molar-refractivity contribution in [2.75, 3.05) is 27.9 Å². The van der Waals surface area contributed by atoms with E-state index in [-0.39, 0.29) is 6.61 Å². The Bertz CT molecular complexity index is 560. The highest BCUT2D eigenvalue weighted by Crippen LogP contribution is 2.34. The number of hydrogen-bond donors (Lipinski definition) is 1. The Kier molecular flexibility index (Phi) is 4.83. The van der Waals surface area contributed by atoms with Crippen molar-refractivity contribution < 1.29 is 19.3 Å². The Morgan fingerprint density at radius 1 is 0.857 bits per heavy atom. The Labute approximate surface area is 124 Å². The molecule has 2 rings (SSSR count). The van der Waals surface area contributed by atoms with E-state index in [0.29, 0.717) is 17.1 Å². The minimum absolute atomic E-state index is 0.132. The summed E-state index contributed by atoms with van der Waals surface area (Å²) in [6.07, 6.45) is 0. The molecule has 0 aromatic heterocycles. The largest absolute Gasteiger partial charge is 0.497 e. The van der Waals surface area contributed by atoms with Crippen LogP contribution in [0, 0.1) is 0 Å². The zero-order valence-electron chi connectivity index (χ0n) is 12.5. The molecule has 0 heterocycles. The summed E-state index contributed by atoms with van der Waals surface area (Å²) in [7, 11) is 4.72. The van der Waals surface area contributed by atoms with Crippen LogP contribution in [0.5, 0.6) is 11.5 Å². The molecule has 2 aromatic carbocycles. The van der Waals surface area contributed by atoms with Crippen LogP contribution in [-0.4, -0.2) is 33.0 Å². The summed E-state index contributed by atoms with van der Waals surface area (Å²) in [6.45, 7) is 0.132. The summed E-state index contributed by atoms with van der Waals surface area (Å²) in [5.41, 5.74) is 0.145. The molecule has 4 nitrogen and oxygen atoms in total. The van der Waals surface area contributed by atoms with E-state index in [2.05, 4.69) is 0 Å². The molecule has 2 aromatic rings. The molecule has 0 saturated heterocycles. The molecule has 21 heavy (non-hydrogen) atoms. The lowest BCUT2D eigenvalue weighted by Gasteiger charge is -2.29. The van der Waals surface area contributed by atoms with Crippen LogP contribution in [0.1, 0.15) is 11.1 Å². The Balaban J connectivity index is 2.57. The third-order valence-corrected chi connectivity index (χ3v) is 3.43. The maximum atomic E-state index is 11.2. The van der Waals surface area contributed by atoms with Crippen LogP contribution < -0.4 is 9.47 Å². The van der Waals surface area contributed by atoms with Gasteiger partial charge in [0.1, 0.15) is 17.1 Å². The first-order valence-corrected chi connectivity index (χ1v) is 6.64. The van der Waals surface area contributed by atoms with Gasteiger partial charge in [0.15, 0.2) is 0 Å². The van der Waals surface area contributed by atoms with E-state index in [9.17, 15) is 5.11 Å². The molecule has 1 unspecified atom stereocenters. The van der Waals surface area contributed by atoms with Crippen molar-refractivity contribution in [1.29, 1.82) is 0 Å². The molecule has 4 heteroatoms. The standard InChI is InChI=1S/C17H20O4/c1-19-12-17(18,13-7-5-4-6-8-13)14-9-15(20-2)11-16(10-14)21-3/h4-11,18H,12H2,1-3H3. The van der Waals surface area contributed by atoms with Gasteiger partial charge in [0.2, 0.25) is 0 Å². The average Bonchev–Trinajstić information content (AvgIpc) is 2.55. The van der Waals surface area contributed by atoms with Gasteiger partial charge in [-0.25, -0.2) is 0 Å². The summed E-state index contributed by atoms with van der Waals surface area (Å²) in [5.74, 6) is 1.24. The van der Waals surface area contributed by atoms with Gasteiger partial charge in [0, 0.05) is 13.2 Å². The van der Waals surface area contributed by atoms with E-state index in [0.717, 1.165) is 5.56 Å². The molecule has 0 aliphatic carbocycles. The normalized spacial score (nSPS) is 13.5. The van der Waals surface area contributed by atoms with Gasteiger partial charge < -0.3 is 19.3 Å². The van der Waals surface area contributed by atoms with Crippen molar-refractivity contribution in [3.63, 3.8) is 0 Å². The van der Waals surface area contributed by atoms with Crippen molar-refractivity contribution in [1.82, 2.24) is 0 Å². The Hall–Kier alpha value is -2.04. The van der Waals surface area contributed by atoms with E-state index < -0.39 is 5.60 Å². The Morgan fingerprint density at radius 3 is 1.90 bits per heavy atom. The molecule has 0 saturated carbocycles. The monoisotopic (exact) mass is 288 g/mol.